The second-order valence-corrected chi connectivity index (χ2v) is 4.81. The lowest BCUT2D eigenvalue weighted by atomic mass is 10.1. The van der Waals surface area contributed by atoms with Crippen LogP contribution >= 0.6 is 11.3 Å². The van der Waals surface area contributed by atoms with Crippen LogP contribution in [0.2, 0.25) is 0 Å². The molecule has 1 amide bonds. The van der Waals surface area contributed by atoms with E-state index in [0.717, 1.165) is 4.88 Å². The molecule has 2 N–H and O–H groups in total. The third-order valence-corrected chi connectivity index (χ3v) is 3.38. The molecule has 19 heavy (non-hydrogen) atoms. The third kappa shape index (κ3) is 5.67. The molecule has 0 aliphatic rings. The van der Waals surface area contributed by atoms with Crippen molar-refractivity contribution in [2.75, 3.05) is 20.2 Å². The van der Waals surface area contributed by atoms with Gasteiger partial charge < -0.3 is 15.4 Å². The number of nitrogens with one attached hydrogen (secondary N) is 2. The lowest BCUT2D eigenvalue weighted by Gasteiger charge is -2.16. The number of methoxy groups -OCH3 is 1. The molecule has 0 saturated carbocycles. The highest BCUT2D eigenvalue weighted by atomic mass is 32.1. The fourth-order valence-corrected chi connectivity index (χ4v) is 2.27. The molecule has 0 radical (unpaired) electrons. The van der Waals surface area contributed by atoms with E-state index in [1.165, 1.54) is 18.4 Å². The van der Waals surface area contributed by atoms with Crippen molar-refractivity contribution in [1.29, 1.82) is 0 Å². The van der Waals surface area contributed by atoms with E-state index in [9.17, 15) is 9.59 Å². The van der Waals surface area contributed by atoms with Gasteiger partial charge in [-0.15, -0.1) is 17.9 Å². The van der Waals surface area contributed by atoms with Crippen LogP contribution < -0.4 is 10.6 Å². The van der Waals surface area contributed by atoms with Crippen LogP contribution in [0.25, 0.3) is 0 Å². The molecule has 1 rings (SSSR count). The van der Waals surface area contributed by atoms with Gasteiger partial charge in [-0.2, -0.15) is 0 Å². The Labute approximate surface area is 116 Å². The van der Waals surface area contributed by atoms with Crippen LogP contribution in [-0.2, 0) is 14.3 Å². The molecule has 0 saturated heterocycles. The van der Waals surface area contributed by atoms with Gasteiger partial charge in [0, 0.05) is 11.4 Å². The van der Waals surface area contributed by atoms with Gasteiger partial charge in [-0.3, -0.25) is 9.59 Å². The van der Waals surface area contributed by atoms with Crippen molar-refractivity contribution in [2.24, 2.45) is 0 Å². The smallest absolute Gasteiger partial charge is 0.307 e. The summed E-state index contributed by atoms with van der Waals surface area (Å²) in [6.45, 7) is 4.31. The first-order valence-corrected chi connectivity index (χ1v) is 6.76. The van der Waals surface area contributed by atoms with Crippen molar-refractivity contribution < 1.29 is 14.3 Å². The van der Waals surface area contributed by atoms with Gasteiger partial charge in [0.1, 0.15) is 0 Å². The highest BCUT2D eigenvalue weighted by molar-refractivity contribution is 7.10. The number of amides is 1. The molecule has 0 aliphatic carbocycles. The number of esters is 1. The molecule has 1 aromatic rings. The van der Waals surface area contributed by atoms with Crippen LogP contribution in [0, 0.1) is 0 Å². The normalized spacial score (nSPS) is 11.6. The molecule has 0 spiro atoms. The fourth-order valence-electron chi connectivity index (χ4n) is 1.50. The average Bonchev–Trinajstić information content (AvgIpc) is 2.92. The van der Waals surface area contributed by atoms with Gasteiger partial charge in [-0.05, 0) is 11.4 Å². The molecule has 1 aromatic heterocycles. The highest BCUT2D eigenvalue weighted by Gasteiger charge is 2.19. The maximum atomic E-state index is 11.7. The summed E-state index contributed by atoms with van der Waals surface area (Å²) in [5.74, 6) is -0.512. The summed E-state index contributed by atoms with van der Waals surface area (Å²) >= 11 is 1.49. The third-order valence-electron chi connectivity index (χ3n) is 2.39. The van der Waals surface area contributed by atoms with Gasteiger partial charge in [0.05, 0.1) is 26.1 Å². The molecular weight excluding hydrogens is 264 g/mol. The highest BCUT2D eigenvalue weighted by Crippen LogP contribution is 2.22. The number of carbonyl (C=O) groups excluding carboxylic acids is 2. The first kappa shape index (κ1) is 15.4. The van der Waals surface area contributed by atoms with Crippen molar-refractivity contribution >= 4 is 23.2 Å². The molecule has 104 valence electrons. The van der Waals surface area contributed by atoms with E-state index in [1.807, 2.05) is 17.5 Å². The predicted octanol–water partition coefficient (Wildman–Crippen LogP) is 1.24. The molecule has 0 bridgehead atoms. The van der Waals surface area contributed by atoms with Gasteiger partial charge in [-0.25, -0.2) is 0 Å². The molecule has 1 unspecified atom stereocenters. The maximum absolute atomic E-state index is 11.7. The fraction of sp³-hybridized carbons (Fsp3) is 0.385. The van der Waals surface area contributed by atoms with E-state index in [-0.39, 0.29) is 30.9 Å². The molecule has 5 nitrogen and oxygen atoms in total. The Balaban J connectivity index is 2.56. The van der Waals surface area contributed by atoms with Crippen LogP contribution in [0.5, 0.6) is 0 Å². The molecule has 0 aromatic carbocycles. The van der Waals surface area contributed by atoms with Crippen LogP contribution in [0.1, 0.15) is 17.3 Å². The average molecular weight is 282 g/mol. The Morgan fingerprint density at radius 2 is 2.37 bits per heavy atom. The van der Waals surface area contributed by atoms with Crippen LogP contribution in [0.15, 0.2) is 30.2 Å². The van der Waals surface area contributed by atoms with E-state index in [0.29, 0.717) is 6.54 Å². The van der Waals surface area contributed by atoms with Crippen LogP contribution in [0.3, 0.4) is 0 Å². The Kier molecular flexibility index (Phi) is 6.84. The number of ether oxygens (including phenoxy) is 1. The zero-order valence-electron chi connectivity index (χ0n) is 10.8. The van der Waals surface area contributed by atoms with E-state index in [4.69, 9.17) is 0 Å². The minimum atomic E-state index is -0.349. The second kappa shape index (κ2) is 8.44. The summed E-state index contributed by atoms with van der Waals surface area (Å²) in [5.41, 5.74) is 0. The van der Waals surface area contributed by atoms with Crippen molar-refractivity contribution in [3.8, 4) is 0 Å². The summed E-state index contributed by atoms with van der Waals surface area (Å²) in [7, 11) is 1.33. The SMILES string of the molecule is C=CCNCC(=O)NC(CC(=O)OC)c1cccs1. The Morgan fingerprint density at radius 3 is 2.95 bits per heavy atom. The largest absolute Gasteiger partial charge is 0.469 e. The van der Waals surface area contributed by atoms with E-state index in [2.05, 4.69) is 21.9 Å². The van der Waals surface area contributed by atoms with Gasteiger partial charge in [-0.1, -0.05) is 12.1 Å². The lowest BCUT2D eigenvalue weighted by molar-refractivity contribution is -0.141. The minimum Gasteiger partial charge on any atom is -0.469 e. The van der Waals surface area contributed by atoms with Crippen LogP contribution in [0.4, 0.5) is 0 Å². The molecule has 1 atom stereocenters. The zero-order chi connectivity index (χ0) is 14.1. The van der Waals surface area contributed by atoms with Gasteiger partial charge >= 0.3 is 5.97 Å². The maximum Gasteiger partial charge on any atom is 0.307 e. The quantitative estimate of drug-likeness (QED) is 0.428. The van der Waals surface area contributed by atoms with Crippen LogP contribution in [-0.4, -0.2) is 32.1 Å². The van der Waals surface area contributed by atoms with Gasteiger partial charge in [0.2, 0.25) is 5.91 Å². The molecular formula is C13H18N2O3S. The number of carbonyl (C=O) groups is 2. The van der Waals surface area contributed by atoms with E-state index in [1.54, 1.807) is 6.08 Å². The van der Waals surface area contributed by atoms with E-state index < -0.39 is 0 Å². The summed E-state index contributed by atoms with van der Waals surface area (Å²) < 4.78 is 4.64. The monoisotopic (exact) mass is 282 g/mol. The van der Waals surface area contributed by atoms with Crippen molar-refractivity contribution in [3.63, 3.8) is 0 Å². The predicted molar refractivity (Wildman–Crippen MR) is 74.9 cm³/mol. The number of thiophene rings is 1. The Bertz CT molecular complexity index is 418. The second-order valence-electron chi connectivity index (χ2n) is 3.84. The first-order chi connectivity index (χ1) is 9.17. The van der Waals surface area contributed by atoms with Crippen molar-refractivity contribution in [2.45, 2.75) is 12.5 Å². The molecule has 0 fully saturated rings. The minimum absolute atomic E-state index is 0.129. The molecule has 1 heterocycles. The van der Waals surface area contributed by atoms with Gasteiger partial charge in [0.15, 0.2) is 0 Å². The van der Waals surface area contributed by atoms with E-state index >= 15 is 0 Å². The topological polar surface area (TPSA) is 67.4 Å². The number of rotatable bonds is 8. The Morgan fingerprint density at radius 1 is 1.58 bits per heavy atom. The summed E-state index contributed by atoms with van der Waals surface area (Å²) in [5, 5.41) is 7.63. The Hall–Kier alpha value is -1.66. The summed E-state index contributed by atoms with van der Waals surface area (Å²) in [4.78, 5) is 24.0. The summed E-state index contributed by atoms with van der Waals surface area (Å²) in [6, 6.07) is 3.42. The number of hydrogen-bond acceptors (Lipinski definition) is 5. The molecule has 6 heteroatoms. The van der Waals surface area contributed by atoms with Crippen molar-refractivity contribution in [3.05, 3.63) is 35.0 Å². The molecule has 0 aliphatic heterocycles. The van der Waals surface area contributed by atoms with Crippen molar-refractivity contribution in [1.82, 2.24) is 10.6 Å². The van der Waals surface area contributed by atoms with Gasteiger partial charge in [0.25, 0.3) is 0 Å². The number of hydrogen-bond donors (Lipinski definition) is 2. The zero-order valence-corrected chi connectivity index (χ0v) is 11.7. The standard InChI is InChI=1S/C13H18N2O3S/c1-3-6-14-9-12(16)15-10(8-13(17)18-2)11-5-4-7-19-11/h3-5,7,10,14H,1,6,8-9H2,2H3,(H,15,16). The first-order valence-electron chi connectivity index (χ1n) is 5.88. The summed E-state index contributed by atoms with van der Waals surface area (Å²) in [6.07, 6.45) is 1.81. The lowest BCUT2D eigenvalue weighted by Crippen LogP contribution is -2.37.